The maximum atomic E-state index is 10.3. The zero-order valence-electron chi connectivity index (χ0n) is 6.56. The number of rotatable bonds is 1. The number of hydrogen-bond donors (Lipinski definition) is 4. The van der Waals surface area contributed by atoms with E-state index in [0.717, 1.165) is 12.1 Å². The van der Waals surface area contributed by atoms with Gasteiger partial charge in [-0.1, -0.05) is 0 Å². The molecule has 0 saturated carbocycles. The molecule has 1 rings (SSSR count). The number of phenolic OH excluding ortho intramolecular Hbond substituents is 3. The van der Waals surface area contributed by atoms with Gasteiger partial charge < -0.3 is 20.4 Å². The molecule has 0 amide bonds. The summed E-state index contributed by atoms with van der Waals surface area (Å²) in [5.74, 6) is -3.33. The molecule has 0 bridgehead atoms. The molecule has 0 aliphatic rings. The van der Waals surface area contributed by atoms with Crippen LogP contribution < -0.4 is 0 Å². The van der Waals surface area contributed by atoms with E-state index in [0.29, 0.717) is 0 Å². The summed E-state index contributed by atoms with van der Waals surface area (Å²) in [6.45, 7) is 0. The van der Waals surface area contributed by atoms with E-state index in [4.69, 9.17) is 20.4 Å². The topological polar surface area (TPSA) is 98.0 Å². The monoisotopic (exact) mass is 412 g/mol. The van der Waals surface area contributed by atoms with Gasteiger partial charge in [0.1, 0.15) is 0 Å². The van der Waals surface area contributed by atoms with Crippen LogP contribution in [0.15, 0.2) is 12.1 Å². The zero-order chi connectivity index (χ0) is 9.30. The summed E-state index contributed by atoms with van der Waals surface area (Å²) in [5.41, 5.74) is -0.289. The van der Waals surface area contributed by atoms with E-state index < -0.39 is 23.2 Å². The van der Waals surface area contributed by atoms with Crippen molar-refractivity contribution in [1.29, 1.82) is 0 Å². The molecule has 0 atom stereocenters. The Hall–Kier alpha value is -0.494. The standard InChI is InChI=1S/C7H6O5.Al.Bi.6H/c8-4-1-3(7(11)12)2-5(9)6(4)10;;;;;;;;/h1-2,8-10H,(H,11,12);;;;;;;;. The van der Waals surface area contributed by atoms with Crippen molar-refractivity contribution in [3.05, 3.63) is 17.7 Å². The quantitative estimate of drug-likeness (QED) is 0.321. The van der Waals surface area contributed by atoms with Crippen molar-refractivity contribution in [2.75, 3.05) is 0 Å². The number of carboxylic acids is 1. The van der Waals surface area contributed by atoms with Crippen molar-refractivity contribution in [2.45, 2.75) is 0 Å². The Morgan fingerprint density at radius 1 is 1.07 bits per heavy atom. The Morgan fingerprint density at radius 2 is 1.43 bits per heavy atom. The van der Waals surface area contributed by atoms with Gasteiger partial charge >= 0.3 is 32.2 Å². The molecule has 0 spiro atoms. The molecule has 0 saturated heterocycles. The van der Waals surface area contributed by atoms with Gasteiger partial charge in [0.25, 0.3) is 0 Å². The first-order valence-corrected chi connectivity index (χ1v) is 3.00. The van der Waals surface area contributed by atoms with Gasteiger partial charge in [-0.25, -0.2) is 4.79 Å². The molecule has 1 aromatic rings. The number of phenols is 3. The Balaban J connectivity index is 0. The number of aromatic carboxylic acids is 1. The van der Waals surface area contributed by atoms with Crippen LogP contribution in [0.2, 0.25) is 0 Å². The van der Waals surface area contributed by atoms with Gasteiger partial charge in [-0.3, -0.25) is 0 Å². The average molecular weight is 412 g/mol. The van der Waals surface area contributed by atoms with E-state index in [9.17, 15) is 4.79 Å². The third kappa shape index (κ3) is 3.34. The van der Waals surface area contributed by atoms with Gasteiger partial charge in [0.2, 0.25) is 0 Å². The van der Waals surface area contributed by atoms with Crippen molar-refractivity contribution < 1.29 is 25.2 Å². The summed E-state index contributed by atoms with van der Waals surface area (Å²) >= 11 is 0. The third-order valence-electron chi connectivity index (χ3n) is 1.32. The minimum absolute atomic E-state index is 0. The van der Waals surface area contributed by atoms with E-state index in [-0.39, 0.29) is 49.1 Å². The van der Waals surface area contributed by atoms with Gasteiger partial charge in [0.05, 0.1) is 5.56 Å². The molecule has 0 unspecified atom stereocenters. The molecule has 4 N–H and O–H groups in total. The molecule has 7 heteroatoms. The SMILES string of the molecule is O=C(O)c1cc(O)c(O)c(O)c1.[AlH3].[BiH3]. The molecule has 0 radical (unpaired) electrons. The molecular weight excluding hydrogens is 400 g/mol. The number of benzene rings is 1. The van der Waals surface area contributed by atoms with Crippen LogP contribution in [-0.2, 0) is 0 Å². The Morgan fingerprint density at radius 3 is 1.71 bits per heavy atom. The Kier molecular flexibility index (Phi) is 6.93. The van der Waals surface area contributed by atoms with Crippen molar-refractivity contribution in [3.63, 3.8) is 0 Å². The van der Waals surface area contributed by atoms with Crippen molar-refractivity contribution >= 4 is 49.5 Å². The van der Waals surface area contributed by atoms with Crippen LogP contribution in [0.5, 0.6) is 17.2 Å². The fraction of sp³-hybridized carbons (Fsp3) is 0. The van der Waals surface area contributed by atoms with E-state index in [1.807, 2.05) is 0 Å². The fourth-order valence-electron chi connectivity index (χ4n) is 0.728. The summed E-state index contributed by atoms with van der Waals surface area (Å²) in [6, 6.07) is 1.69. The molecule has 0 aliphatic heterocycles. The van der Waals surface area contributed by atoms with E-state index in [2.05, 4.69) is 0 Å². The van der Waals surface area contributed by atoms with Crippen LogP contribution >= 0.6 is 0 Å². The second-order valence-corrected chi connectivity index (χ2v) is 2.17. The zero-order valence-corrected chi connectivity index (χ0v) is 12.1. The predicted octanol–water partition coefficient (Wildman–Crippen LogP) is -1.87. The van der Waals surface area contributed by atoms with Crippen LogP contribution in [0.4, 0.5) is 0 Å². The van der Waals surface area contributed by atoms with Gasteiger partial charge in [-0.2, -0.15) is 0 Å². The van der Waals surface area contributed by atoms with E-state index in [1.54, 1.807) is 0 Å². The van der Waals surface area contributed by atoms with Gasteiger partial charge in [-0.05, 0) is 12.1 Å². The average Bonchev–Trinajstić information content (AvgIpc) is 1.99. The summed E-state index contributed by atoms with van der Waals surface area (Å²) < 4.78 is 0. The predicted molar refractivity (Wildman–Crippen MR) is 58.3 cm³/mol. The molecule has 5 nitrogen and oxygen atoms in total. The summed E-state index contributed by atoms with van der Waals surface area (Å²) in [4.78, 5) is 10.3. The van der Waals surface area contributed by atoms with E-state index in [1.165, 1.54) is 0 Å². The molecule has 1 aromatic carbocycles. The van der Waals surface area contributed by atoms with Crippen molar-refractivity contribution in [3.8, 4) is 17.2 Å². The molecule has 0 fully saturated rings. The molecule has 0 heterocycles. The summed E-state index contributed by atoms with van der Waals surface area (Å²) in [5, 5.41) is 35.0. The van der Waals surface area contributed by atoms with Crippen LogP contribution in [0, 0.1) is 0 Å². The molecule has 0 aliphatic carbocycles. The number of hydrogen-bond acceptors (Lipinski definition) is 4. The second-order valence-electron chi connectivity index (χ2n) is 2.17. The van der Waals surface area contributed by atoms with E-state index >= 15 is 0 Å². The Bertz CT molecular complexity index is 318. The normalized spacial score (nSPS) is 8.29. The Labute approximate surface area is 109 Å². The number of carboxylic acid groups (broad SMARTS) is 1. The molecular formula is C7H12AlBiO5. The first kappa shape index (κ1) is 16.0. The summed E-state index contributed by atoms with van der Waals surface area (Å²) in [6.07, 6.45) is 0. The van der Waals surface area contributed by atoms with Gasteiger partial charge in [-0.15, -0.1) is 0 Å². The van der Waals surface area contributed by atoms with Crippen molar-refractivity contribution in [1.82, 2.24) is 0 Å². The maximum absolute atomic E-state index is 10.3. The van der Waals surface area contributed by atoms with Crippen LogP contribution in [0.1, 0.15) is 10.4 Å². The van der Waals surface area contributed by atoms with Crippen LogP contribution in [-0.4, -0.2) is 70.0 Å². The van der Waals surface area contributed by atoms with Gasteiger partial charge in [0.15, 0.2) is 34.6 Å². The first-order valence-electron chi connectivity index (χ1n) is 3.00. The number of carbonyl (C=O) groups is 1. The molecule has 78 valence electrons. The fourth-order valence-corrected chi connectivity index (χ4v) is 0.728. The summed E-state index contributed by atoms with van der Waals surface area (Å²) in [7, 11) is 0. The van der Waals surface area contributed by atoms with Gasteiger partial charge in [0, 0.05) is 0 Å². The number of aromatic hydroxyl groups is 3. The third-order valence-corrected chi connectivity index (χ3v) is 1.32. The van der Waals surface area contributed by atoms with Crippen LogP contribution in [0.25, 0.3) is 0 Å². The van der Waals surface area contributed by atoms with Crippen molar-refractivity contribution in [2.24, 2.45) is 0 Å². The molecule has 0 aromatic heterocycles. The second kappa shape index (κ2) is 6.08. The first-order chi connectivity index (χ1) is 5.52. The molecule has 14 heavy (non-hydrogen) atoms. The minimum atomic E-state index is -1.29. The van der Waals surface area contributed by atoms with Crippen LogP contribution in [0.3, 0.4) is 0 Å².